The second-order valence-corrected chi connectivity index (χ2v) is 6.02. The Bertz CT molecular complexity index is 603. The maximum atomic E-state index is 6.12. The Labute approximate surface area is 130 Å². The van der Waals surface area contributed by atoms with Crippen molar-refractivity contribution in [2.24, 2.45) is 5.92 Å². The zero-order valence-electron chi connectivity index (χ0n) is 12.1. The van der Waals surface area contributed by atoms with Gasteiger partial charge in [-0.1, -0.05) is 55.3 Å². The first-order valence-corrected chi connectivity index (χ1v) is 7.87. The summed E-state index contributed by atoms with van der Waals surface area (Å²) in [7, 11) is 0. The van der Waals surface area contributed by atoms with Gasteiger partial charge in [-0.3, -0.25) is 0 Å². The van der Waals surface area contributed by atoms with Gasteiger partial charge < -0.3 is 4.74 Å². The highest BCUT2D eigenvalue weighted by Gasteiger charge is 2.23. The maximum absolute atomic E-state index is 6.12. The number of ether oxygens (including phenoxy) is 1. The van der Waals surface area contributed by atoms with E-state index in [9.17, 15) is 0 Å². The van der Waals surface area contributed by atoms with Crippen LogP contribution in [0.5, 0.6) is 5.88 Å². The van der Waals surface area contributed by atoms with Gasteiger partial charge in [-0.15, -0.1) is 0 Å². The van der Waals surface area contributed by atoms with Crippen LogP contribution in [0.25, 0.3) is 11.4 Å². The summed E-state index contributed by atoms with van der Waals surface area (Å²) in [6.07, 6.45) is 5.05. The lowest BCUT2D eigenvalue weighted by Crippen LogP contribution is -2.28. The Kier molecular flexibility index (Phi) is 4.39. The molecule has 1 aromatic carbocycles. The highest BCUT2D eigenvalue weighted by molar-refractivity contribution is 6.29. The predicted molar refractivity (Wildman–Crippen MR) is 84.5 cm³/mol. The molecule has 110 valence electrons. The Balaban J connectivity index is 1.84. The second-order valence-electron chi connectivity index (χ2n) is 5.64. The van der Waals surface area contributed by atoms with Gasteiger partial charge in [-0.05, 0) is 25.2 Å². The van der Waals surface area contributed by atoms with Gasteiger partial charge in [0.2, 0.25) is 5.88 Å². The summed E-state index contributed by atoms with van der Waals surface area (Å²) in [4.78, 5) is 8.81. The van der Waals surface area contributed by atoms with E-state index in [1.54, 1.807) is 6.07 Å². The van der Waals surface area contributed by atoms with Crippen molar-refractivity contribution in [1.29, 1.82) is 0 Å². The van der Waals surface area contributed by atoms with Crippen LogP contribution >= 0.6 is 11.6 Å². The van der Waals surface area contributed by atoms with Crippen LogP contribution in [0.2, 0.25) is 5.15 Å². The largest absolute Gasteiger partial charge is 0.474 e. The average Bonchev–Trinajstić information content (AvgIpc) is 2.50. The summed E-state index contributed by atoms with van der Waals surface area (Å²) in [5.74, 6) is 1.75. The molecular weight excluding hydrogens is 284 g/mol. The van der Waals surface area contributed by atoms with Crippen molar-refractivity contribution < 1.29 is 4.74 Å². The Morgan fingerprint density at radius 1 is 1.10 bits per heavy atom. The minimum absolute atomic E-state index is 0.230. The lowest BCUT2D eigenvalue weighted by molar-refractivity contribution is 0.0976. The summed E-state index contributed by atoms with van der Waals surface area (Å²) in [5.41, 5.74) is 0.946. The first-order chi connectivity index (χ1) is 10.2. The lowest BCUT2D eigenvalue weighted by atomic mass is 9.88. The molecule has 1 aliphatic carbocycles. The molecule has 4 heteroatoms. The third-order valence-corrected chi connectivity index (χ3v) is 4.20. The lowest BCUT2D eigenvalue weighted by Gasteiger charge is -2.28. The van der Waals surface area contributed by atoms with E-state index in [-0.39, 0.29) is 6.10 Å². The van der Waals surface area contributed by atoms with E-state index in [0.717, 1.165) is 12.0 Å². The van der Waals surface area contributed by atoms with Gasteiger partial charge in [0, 0.05) is 11.6 Å². The molecule has 0 saturated heterocycles. The van der Waals surface area contributed by atoms with Crippen LogP contribution < -0.4 is 4.74 Å². The first kappa shape index (κ1) is 14.3. The van der Waals surface area contributed by atoms with Crippen molar-refractivity contribution in [2.45, 2.75) is 38.7 Å². The van der Waals surface area contributed by atoms with E-state index in [4.69, 9.17) is 16.3 Å². The number of halogens is 1. The van der Waals surface area contributed by atoms with Gasteiger partial charge in [0.05, 0.1) is 0 Å². The Morgan fingerprint density at radius 3 is 2.62 bits per heavy atom. The molecule has 21 heavy (non-hydrogen) atoms. The Morgan fingerprint density at radius 2 is 1.86 bits per heavy atom. The minimum Gasteiger partial charge on any atom is -0.474 e. The monoisotopic (exact) mass is 302 g/mol. The molecule has 1 aliphatic rings. The predicted octanol–water partition coefficient (Wildman–Crippen LogP) is 4.75. The number of benzene rings is 1. The summed E-state index contributed by atoms with van der Waals surface area (Å²) in [6.45, 7) is 2.24. The van der Waals surface area contributed by atoms with Crippen LogP contribution in [0.3, 0.4) is 0 Å². The van der Waals surface area contributed by atoms with Crippen LogP contribution in [-0.4, -0.2) is 16.1 Å². The van der Waals surface area contributed by atoms with Crippen LogP contribution in [0.1, 0.15) is 32.6 Å². The molecule has 2 atom stereocenters. The fourth-order valence-electron chi connectivity index (χ4n) is 2.79. The molecule has 1 heterocycles. The number of hydrogen-bond acceptors (Lipinski definition) is 3. The highest BCUT2D eigenvalue weighted by Crippen LogP contribution is 2.29. The van der Waals surface area contributed by atoms with Crippen LogP contribution in [0.15, 0.2) is 36.4 Å². The normalized spacial score (nSPS) is 22.0. The minimum atomic E-state index is 0.230. The van der Waals surface area contributed by atoms with Crippen molar-refractivity contribution in [3.05, 3.63) is 41.6 Å². The first-order valence-electron chi connectivity index (χ1n) is 7.49. The van der Waals surface area contributed by atoms with Gasteiger partial charge in [0.1, 0.15) is 11.3 Å². The van der Waals surface area contributed by atoms with Crippen molar-refractivity contribution >= 4 is 11.6 Å². The average molecular weight is 303 g/mol. The van der Waals surface area contributed by atoms with E-state index in [1.165, 1.54) is 19.3 Å². The summed E-state index contributed by atoms with van der Waals surface area (Å²) in [5, 5.41) is 0.419. The molecule has 1 aromatic heterocycles. The number of rotatable bonds is 3. The Hall–Kier alpha value is -1.61. The van der Waals surface area contributed by atoms with Crippen molar-refractivity contribution in [3.63, 3.8) is 0 Å². The molecule has 2 aromatic rings. The van der Waals surface area contributed by atoms with E-state index in [0.29, 0.717) is 22.8 Å². The van der Waals surface area contributed by atoms with Gasteiger partial charge >= 0.3 is 0 Å². The van der Waals surface area contributed by atoms with Gasteiger partial charge in [0.15, 0.2) is 5.82 Å². The number of nitrogens with zero attached hydrogens (tertiary/aromatic N) is 2. The van der Waals surface area contributed by atoms with Crippen molar-refractivity contribution in [2.75, 3.05) is 0 Å². The van der Waals surface area contributed by atoms with Crippen molar-refractivity contribution in [3.8, 4) is 17.3 Å². The smallest absolute Gasteiger partial charge is 0.218 e. The molecule has 0 aliphatic heterocycles. The van der Waals surface area contributed by atoms with Gasteiger partial charge in [-0.25, -0.2) is 4.98 Å². The standard InChI is InChI=1S/C17H19ClN2O/c1-12-7-5-6-10-14(12)21-16-11-15(18)19-17(20-16)13-8-3-2-4-9-13/h2-4,8-9,11-12,14H,5-7,10H2,1H3. The maximum Gasteiger partial charge on any atom is 0.218 e. The molecule has 0 radical (unpaired) electrons. The summed E-state index contributed by atoms with van der Waals surface area (Å²) < 4.78 is 6.07. The molecule has 0 bridgehead atoms. The van der Waals surface area contributed by atoms with Gasteiger partial charge in [-0.2, -0.15) is 4.98 Å². The SMILES string of the molecule is CC1CCCCC1Oc1cc(Cl)nc(-c2ccccc2)n1. The fourth-order valence-corrected chi connectivity index (χ4v) is 2.96. The zero-order valence-corrected chi connectivity index (χ0v) is 12.9. The third-order valence-electron chi connectivity index (χ3n) is 4.01. The number of aromatic nitrogens is 2. The van der Waals surface area contributed by atoms with Crippen LogP contribution in [0.4, 0.5) is 0 Å². The molecular formula is C17H19ClN2O. The topological polar surface area (TPSA) is 35.0 Å². The van der Waals surface area contributed by atoms with Crippen molar-refractivity contribution in [1.82, 2.24) is 9.97 Å². The second kappa shape index (κ2) is 6.44. The molecule has 0 spiro atoms. The fraction of sp³-hybridized carbons (Fsp3) is 0.412. The van der Waals surface area contributed by atoms with E-state index >= 15 is 0 Å². The molecule has 3 rings (SSSR count). The quantitative estimate of drug-likeness (QED) is 0.767. The summed E-state index contributed by atoms with van der Waals surface area (Å²) >= 11 is 6.12. The summed E-state index contributed by atoms with van der Waals surface area (Å²) in [6, 6.07) is 11.5. The molecule has 0 amide bonds. The third kappa shape index (κ3) is 3.53. The zero-order chi connectivity index (χ0) is 14.7. The molecule has 1 saturated carbocycles. The highest BCUT2D eigenvalue weighted by atomic mass is 35.5. The molecule has 1 fully saturated rings. The molecule has 3 nitrogen and oxygen atoms in total. The van der Waals surface area contributed by atoms with E-state index in [1.807, 2.05) is 30.3 Å². The number of hydrogen-bond donors (Lipinski definition) is 0. The van der Waals surface area contributed by atoms with Crippen LogP contribution in [0, 0.1) is 5.92 Å². The van der Waals surface area contributed by atoms with Crippen LogP contribution in [-0.2, 0) is 0 Å². The van der Waals surface area contributed by atoms with E-state index < -0.39 is 0 Å². The van der Waals surface area contributed by atoms with Gasteiger partial charge in [0.25, 0.3) is 0 Å². The molecule has 0 N–H and O–H groups in total. The van der Waals surface area contributed by atoms with E-state index in [2.05, 4.69) is 16.9 Å². The molecule has 2 unspecified atom stereocenters.